The molecule has 7 heteroatoms. The number of nitrogens with zero attached hydrogens (tertiary/aromatic N) is 2. The monoisotopic (exact) mass is 680 g/mol. The highest BCUT2D eigenvalue weighted by Gasteiger charge is 2.35. The predicted molar refractivity (Wildman–Crippen MR) is 205 cm³/mol. The van der Waals surface area contributed by atoms with E-state index in [2.05, 4.69) is 99.0 Å². The fraction of sp³-hybridized carbons (Fsp3) is 0.190. The van der Waals surface area contributed by atoms with Crippen LogP contribution in [-0.4, -0.2) is 26.1 Å². The largest absolute Gasteiger partial charge is 0.439 e. The quantitative estimate of drug-likeness (QED) is 0.107. The van der Waals surface area contributed by atoms with Crippen molar-refractivity contribution in [2.75, 3.05) is 0 Å². The summed E-state index contributed by atoms with van der Waals surface area (Å²) in [4.78, 5) is 10.1. The zero-order valence-electron chi connectivity index (χ0n) is 28.7. The molecule has 2 atom stereocenters. The van der Waals surface area contributed by atoms with E-state index < -0.39 is 16.1 Å². The molecule has 6 aromatic rings. The number of ether oxygens (including phenoxy) is 3. The second-order valence-electron chi connectivity index (χ2n) is 13.7. The molecule has 4 aromatic carbocycles. The minimum absolute atomic E-state index is 0.299. The molecule has 2 unspecified atom stereocenters. The van der Waals surface area contributed by atoms with Gasteiger partial charge in [-0.05, 0) is 48.5 Å². The van der Waals surface area contributed by atoms with Crippen molar-refractivity contribution in [2.45, 2.75) is 50.5 Å². The first-order valence-electron chi connectivity index (χ1n) is 16.9. The second kappa shape index (κ2) is 15.6. The van der Waals surface area contributed by atoms with Crippen LogP contribution in [0.5, 0.6) is 23.3 Å². The van der Waals surface area contributed by atoms with E-state index in [1.54, 1.807) is 0 Å². The van der Waals surface area contributed by atoms with E-state index in [1.807, 2.05) is 84.9 Å². The summed E-state index contributed by atoms with van der Waals surface area (Å²) in [7, 11) is -4.02. The molecule has 248 valence electrons. The lowest BCUT2D eigenvalue weighted by molar-refractivity contribution is -0.000198. The van der Waals surface area contributed by atoms with Crippen molar-refractivity contribution in [1.82, 2.24) is 9.97 Å². The molecule has 5 nitrogen and oxygen atoms in total. The van der Waals surface area contributed by atoms with Crippen LogP contribution in [0.2, 0.25) is 38.3 Å². The summed E-state index contributed by atoms with van der Waals surface area (Å²) >= 11 is 0. The van der Waals surface area contributed by atoms with Gasteiger partial charge in [-0.15, -0.1) is 0 Å². The van der Waals surface area contributed by atoms with Gasteiger partial charge in [-0.3, -0.25) is 0 Å². The number of pyridine rings is 2. The van der Waals surface area contributed by atoms with E-state index in [0.29, 0.717) is 11.8 Å². The number of aromatic nitrogens is 2. The standard InChI is InChI=1S/C42H44N2O3Si2/c1-48(2,35-23-13-7-14-24-35)31-39(37-27-17-29-41(43-37)45-33-19-9-5-10-20-33)47-40(32-49(3,4)36-25-15-8-16-26-36)38-28-18-30-42(44-38)46-34-21-11-6-12-22-34/h5-30,39-40H,31-32H2,1-4H3. The minimum Gasteiger partial charge on any atom is -0.439 e. The van der Waals surface area contributed by atoms with Crippen LogP contribution in [0.4, 0.5) is 0 Å². The summed E-state index contributed by atoms with van der Waals surface area (Å²) in [6.07, 6.45) is -0.598. The van der Waals surface area contributed by atoms with Gasteiger partial charge in [-0.2, -0.15) is 0 Å². The Labute approximate surface area is 292 Å². The topological polar surface area (TPSA) is 53.5 Å². The first-order chi connectivity index (χ1) is 23.7. The van der Waals surface area contributed by atoms with Gasteiger partial charge in [0.1, 0.15) is 11.5 Å². The van der Waals surface area contributed by atoms with Gasteiger partial charge in [0.15, 0.2) is 0 Å². The molecule has 0 N–H and O–H groups in total. The molecule has 0 spiro atoms. The molecule has 2 aromatic heterocycles. The minimum atomic E-state index is -2.01. The third-order valence-corrected chi connectivity index (χ3v) is 15.5. The van der Waals surface area contributed by atoms with Crippen molar-refractivity contribution in [3.8, 4) is 23.3 Å². The molecule has 0 bridgehead atoms. The molecular weight excluding hydrogens is 637 g/mol. The zero-order valence-corrected chi connectivity index (χ0v) is 30.7. The summed E-state index contributed by atoms with van der Waals surface area (Å²) in [5, 5.41) is 2.76. The number of benzene rings is 4. The number of hydrogen-bond donors (Lipinski definition) is 0. The van der Waals surface area contributed by atoms with Gasteiger partial charge in [0, 0.05) is 12.1 Å². The van der Waals surface area contributed by atoms with E-state index >= 15 is 0 Å². The van der Waals surface area contributed by atoms with Gasteiger partial charge < -0.3 is 14.2 Å². The Morgan fingerprint density at radius 1 is 0.429 bits per heavy atom. The maximum absolute atomic E-state index is 7.38. The summed E-state index contributed by atoms with van der Waals surface area (Å²) < 4.78 is 19.8. The summed E-state index contributed by atoms with van der Waals surface area (Å²) in [5.74, 6) is 2.58. The van der Waals surface area contributed by atoms with Crippen molar-refractivity contribution in [1.29, 1.82) is 0 Å². The van der Waals surface area contributed by atoms with E-state index in [1.165, 1.54) is 10.4 Å². The van der Waals surface area contributed by atoms with Gasteiger partial charge in [0.05, 0.1) is 39.7 Å². The molecule has 0 amide bonds. The Bertz CT molecular complexity index is 1770. The summed E-state index contributed by atoms with van der Waals surface area (Å²) in [6.45, 7) is 9.64. The van der Waals surface area contributed by atoms with Crippen LogP contribution in [0.1, 0.15) is 23.6 Å². The SMILES string of the molecule is C[Si](C)(CC(OC(C[Si](C)(C)c1ccccc1)c1cccc(Oc2ccccc2)n1)c1cccc(Oc2ccccc2)n1)c1ccccc1. The summed E-state index contributed by atoms with van der Waals surface area (Å²) in [6, 6.07) is 54.9. The van der Waals surface area contributed by atoms with Crippen LogP contribution in [0.15, 0.2) is 158 Å². The lowest BCUT2D eigenvalue weighted by Crippen LogP contribution is -2.44. The Morgan fingerprint density at radius 2 is 0.776 bits per heavy atom. The highest BCUT2D eigenvalue weighted by atomic mass is 28.3. The third kappa shape index (κ3) is 9.20. The Morgan fingerprint density at radius 3 is 1.14 bits per heavy atom. The smallest absolute Gasteiger partial charge is 0.219 e. The second-order valence-corrected chi connectivity index (χ2v) is 23.2. The van der Waals surface area contributed by atoms with E-state index in [9.17, 15) is 0 Å². The molecular formula is C42H44N2O3Si2. The third-order valence-electron chi connectivity index (χ3n) is 8.91. The zero-order chi connectivity index (χ0) is 34.1. The molecule has 0 fully saturated rings. The van der Waals surface area contributed by atoms with E-state index in [-0.39, 0.29) is 12.2 Å². The van der Waals surface area contributed by atoms with Gasteiger partial charge in [0.25, 0.3) is 0 Å². The molecule has 0 aliphatic carbocycles. The number of hydrogen-bond acceptors (Lipinski definition) is 5. The van der Waals surface area contributed by atoms with Crippen LogP contribution in [-0.2, 0) is 4.74 Å². The molecule has 0 saturated carbocycles. The average molecular weight is 681 g/mol. The molecule has 2 heterocycles. The molecule has 6 rings (SSSR count). The first-order valence-corrected chi connectivity index (χ1v) is 23.3. The van der Waals surface area contributed by atoms with Crippen LogP contribution in [0.25, 0.3) is 0 Å². The Hall–Kier alpha value is -4.83. The lowest BCUT2D eigenvalue weighted by atomic mass is 10.2. The number of para-hydroxylation sites is 2. The van der Waals surface area contributed by atoms with Crippen molar-refractivity contribution in [3.63, 3.8) is 0 Å². The fourth-order valence-electron chi connectivity index (χ4n) is 6.14. The van der Waals surface area contributed by atoms with Gasteiger partial charge >= 0.3 is 0 Å². The van der Waals surface area contributed by atoms with E-state index in [0.717, 1.165) is 35.0 Å². The highest BCUT2D eigenvalue weighted by molar-refractivity contribution is 6.90. The van der Waals surface area contributed by atoms with Crippen molar-refractivity contribution >= 4 is 26.5 Å². The maximum atomic E-state index is 7.38. The predicted octanol–water partition coefficient (Wildman–Crippen LogP) is 10.1. The highest BCUT2D eigenvalue weighted by Crippen LogP contribution is 2.38. The normalized spacial score (nSPS) is 13.0. The van der Waals surface area contributed by atoms with Gasteiger partial charge in [-0.1, -0.05) is 146 Å². The van der Waals surface area contributed by atoms with E-state index in [4.69, 9.17) is 24.2 Å². The van der Waals surface area contributed by atoms with Crippen molar-refractivity contribution in [3.05, 3.63) is 169 Å². The maximum Gasteiger partial charge on any atom is 0.219 e. The van der Waals surface area contributed by atoms with Crippen molar-refractivity contribution in [2.24, 2.45) is 0 Å². The van der Waals surface area contributed by atoms with Crippen LogP contribution < -0.4 is 19.8 Å². The number of rotatable bonds is 14. The van der Waals surface area contributed by atoms with Crippen LogP contribution in [0.3, 0.4) is 0 Å². The van der Waals surface area contributed by atoms with Crippen LogP contribution >= 0.6 is 0 Å². The van der Waals surface area contributed by atoms with Gasteiger partial charge in [0.2, 0.25) is 11.8 Å². The molecule has 0 aliphatic heterocycles. The van der Waals surface area contributed by atoms with Crippen LogP contribution in [0, 0.1) is 0 Å². The van der Waals surface area contributed by atoms with Crippen molar-refractivity contribution < 1.29 is 14.2 Å². The molecule has 0 aliphatic rings. The molecule has 0 saturated heterocycles. The lowest BCUT2D eigenvalue weighted by Gasteiger charge is -2.34. The molecule has 0 radical (unpaired) electrons. The average Bonchev–Trinajstić information content (AvgIpc) is 3.13. The van der Waals surface area contributed by atoms with Gasteiger partial charge in [-0.25, -0.2) is 9.97 Å². The molecule has 49 heavy (non-hydrogen) atoms. The summed E-state index contributed by atoms with van der Waals surface area (Å²) in [5.41, 5.74) is 1.71. The fourth-order valence-corrected chi connectivity index (χ4v) is 11.3. The Balaban J connectivity index is 1.39. The first kappa shape index (κ1) is 34.1. The Kier molecular flexibility index (Phi) is 10.8.